The molecule has 1 rings (SSSR count). The Hall–Kier alpha value is -0.650. The van der Waals surface area contributed by atoms with Crippen molar-refractivity contribution in [2.45, 2.75) is 45.7 Å². The molecule has 118 valence electrons. The van der Waals surface area contributed by atoms with Gasteiger partial charge in [-0.1, -0.05) is 13.8 Å². The summed E-state index contributed by atoms with van der Waals surface area (Å²) in [6.07, 6.45) is 1.99. The molecule has 1 heterocycles. The van der Waals surface area contributed by atoms with Crippen molar-refractivity contribution in [1.82, 2.24) is 15.5 Å². The number of nitrogens with zero attached hydrogens (tertiary/aromatic N) is 1. The van der Waals surface area contributed by atoms with E-state index in [0.717, 1.165) is 32.5 Å². The van der Waals surface area contributed by atoms with Gasteiger partial charge in [0.1, 0.15) is 0 Å². The fraction of sp³-hybridized carbons (Fsp3) is 0.933. The lowest BCUT2D eigenvalue weighted by Gasteiger charge is -2.39. The van der Waals surface area contributed by atoms with Crippen molar-refractivity contribution in [3.8, 4) is 0 Å². The number of nitrogens with one attached hydrogen (secondary N) is 2. The van der Waals surface area contributed by atoms with E-state index in [4.69, 9.17) is 4.74 Å². The summed E-state index contributed by atoms with van der Waals surface area (Å²) in [4.78, 5) is 14.4. The van der Waals surface area contributed by atoms with Gasteiger partial charge >= 0.3 is 0 Å². The van der Waals surface area contributed by atoms with E-state index >= 15 is 0 Å². The Bertz CT molecular complexity index is 286. The molecule has 0 spiro atoms. The summed E-state index contributed by atoms with van der Waals surface area (Å²) in [7, 11) is 1.68. The molecule has 0 bridgehead atoms. The van der Waals surface area contributed by atoms with E-state index in [-0.39, 0.29) is 11.9 Å². The van der Waals surface area contributed by atoms with Gasteiger partial charge in [-0.2, -0.15) is 0 Å². The highest BCUT2D eigenvalue weighted by atomic mass is 16.5. The Morgan fingerprint density at radius 1 is 1.50 bits per heavy atom. The van der Waals surface area contributed by atoms with E-state index in [2.05, 4.69) is 29.4 Å². The molecule has 0 radical (unpaired) electrons. The van der Waals surface area contributed by atoms with Crippen LogP contribution in [0.4, 0.5) is 0 Å². The number of likely N-dealkylation sites (tertiary alicyclic amines) is 1. The molecule has 5 heteroatoms. The highest BCUT2D eigenvalue weighted by Crippen LogP contribution is 2.18. The lowest BCUT2D eigenvalue weighted by molar-refractivity contribution is -0.126. The Labute approximate surface area is 123 Å². The van der Waals surface area contributed by atoms with Gasteiger partial charge in [-0.25, -0.2) is 0 Å². The maximum atomic E-state index is 12.1. The van der Waals surface area contributed by atoms with Crippen LogP contribution < -0.4 is 10.6 Å². The average Bonchev–Trinajstić information content (AvgIpc) is 2.45. The minimum absolute atomic E-state index is 0.0393. The van der Waals surface area contributed by atoms with E-state index in [1.54, 1.807) is 7.11 Å². The zero-order valence-corrected chi connectivity index (χ0v) is 13.4. The SMILES string of the molecule is CCNC1CCN(C(C)C(=O)NCCCOC)CC1C. The van der Waals surface area contributed by atoms with Crippen molar-refractivity contribution in [2.24, 2.45) is 5.92 Å². The van der Waals surface area contributed by atoms with Crippen LogP contribution in [0.25, 0.3) is 0 Å². The molecule has 2 N–H and O–H groups in total. The number of hydrogen-bond acceptors (Lipinski definition) is 4. The molecule has 3 unspecified atom stereocenters. The van der Waals surface area contributed by atoms with Crippen LogP contribution in [0.1, 0.15) is 33.6 Å². The van der Waals surface area contributed by atoms with Gasteiger partial charge in [0.05, 0.1) is 6.04 Å². The summed E-state index contributed by atoms with van der Waals surface area (Å²) < 4.78 is 4.98. The van der Waals surface area contributed by atoms with Gasteiger partial charge < -0.3 is 15.4 Å². The zero-order valence-electron chi connectivity index (χ0n) is 13.4. The second kappa shape index (κ2) is 9.32. The summed E-state index contributed by atoms with van der Waals surface area (Å²) in [5.41, 5.74) is 0. The summed E-state index contributed by atoms with van der Waals surface area (Å²) in [5, 5.41) is 6.52. The van der Waals surface area contributed by atoms with Gasteiger partial charge in [0.2, 0.25) is 5.91 Å². The topological polar surface area (TPSA) is 53.6 Å². The Balaban J connectivity index is 2.33. The van der Waals surface area contributed by atoms with Crippen molar-refractivity contribution < 1.29 is 9.53 Å². The fourth-order valence-corrected chi connectivity index (χ4v) is 2.84. The van der Waals surface area contributed by atoms with Gasteiger partial charge in [0.15, 0.2) is 0 Å². The maximum Gasteiger partial charge on any atom is 0.237 e. The normalized spacial score (nSPS) is 25.4. The number of ether oxygens (including phenoxy) is 1. The highest BCUT2D eigenvalue weighted by Gasteiger charge is 2.30. The molecular weight excluding hydrogens is 254 g/mol. The number of methoxy groups -OCH3 is 1. The molecule has 0 aliphatic carbocycles. The number of rotatable bonds is 8. The third-order valence-electron chi connectivity index (χ3n) is 4.15. The van der Waals surface area contributed by atoms with Crippen LogP contribution in [0.2, 0.25) is 0 Å². The number of hydrogen-bond donors (Lipinski definition) is 2. The number of carbonyl (C=O) groups excluding carboxylic acids is 1. The summed E-state index contributed by atoms with van der Waals surface area (Å²) >= 11 is 0. The van der Waals surface area contributed by atoms with Gasteiger partial charge in [0, 0.05) is 39.4 Å². The lowest BCUT2D eigenvalue weighted by Crippen LogP contribution is -2.54. The molecule has 1 aliphatic heterocycles. The van der Waals surface area contributed by atoms with E-state index in [1.165, 1.54) is 0 Å². The molecule has 5 nitrogen and oxygen atoms in total. The van der Waals surface area contributed by atoms with Crippen LogP contribution in [-0.4, -0.2) is 62.8 Å². The second-order valence-electron chi connectivity index (χ2n) is 5.74. The van der Waals surface area contributed by atoms with Crippen LogP contribution in [0.5, 0.6) is 0 Å². The van der Waals surface area contributed by atoms with Crippen LogP contribution in [0.15, 0.2) is 0 Å². The summed E-state index contributed by atoms with van der Waals surface area (Å²) in [5.74, 6) is 0.725. The number of amides is 1. The van der Waals surface area contributed by atoms with Crippen molar-refractivity contribution >= 4 is 5.91 Å². The van der Waals surface area contributed by atoms with Crippen molar-refractivity contribution in [3.05, 3.63) is 0 Å². The van der Waals surface area contributed by atoms with Gasteiger partial charge in [-0.05, 0) is 32.2 Å². The van der Waals surface area contributed by atoms with Crippen LogP contribution in [0.3, 0.4) is 0 Å². The molecule has 0 saturated carbocycles. The predicted molar refractivity (Wildman–Crippen MR) is 81.8 cm³/mol. The van der Waals surface area contributed by atoms with Gasteiger partial charge in [-0.15, -0.1) is 0 Å². The number of piperidine rings is 1. The molecule has 0 aromatic heterocycles. The molecule has 1 amide bonds. The highest BCUT2D eigenvalue weighted by molar-refractivity contribution is 5.81. The minimum atomic E-state index is -0.0393. The second-order valence-corrected chi connectivity index (χ2v) is 5.74. The average molecular weight is 285 g/mol. The first kappa shape index (κ1) is 17.4. The van der Waals surface area contributed by atoms with Crippen molar-refractivity contribution in [3.63, 3.8) is 0 Å². The van der Waals surface area contributed by atoms with Crippen LogP contribution >= 0.6 is 0 Å². The van der Waals surface area contributed by atoms with Gasteiger partial charge in [-0.3, -0.25) is 9.69 Å². The van der Waals surface area contributed by atoms with E-state index in [9.17, 15) is 4.79 Å². The molecule has 0 aromatic carbocycles. The first-order valence-electron chi connectivity index (χ1n) is 7.84. The Kier molecular flexibility index (Phi) is 8.11. The predicted octanol–water partition coefficient (Wildman–Crippen LogP) is 0.848. The largest absolute Gasteiger partial charge is 0.385 e. The molecule has 1 fully saturated rings. The third-order valence-corrected chi connectivity index (χ3v) is 4.15. The number of carbonyl (C=O) groups is 1. The van der Waals surface area contributed by atoms with Crippen molar-refractivity contribution in [2.75, 3.05) is 39.9 Å². The molecule has 20 heavy (non-hydrogen) atoms. The van der Waals surface area contributed by atoms with E-state index in [0.29, 0.717) is 25.1 Å². The maximum absolute atomic E-state index is 12.1. The van der Waals surface area contributed by atoms with Crippen molar-refractivity contribution in [1.29, 1.82) is 0 Å². The monoisotopic (exact) mass is 285 g/mol. The molecular formula is C15H31N3O2. The first-order valence-corrected chi connectivity index (χ1v) is 7.84. The molecule has 3 atom stereocenters. The summed E-state index contributed by atoms with van der Waals surface area (Å²) in [6, 6.07) is 0.552. The van der Waals surface area contributed by atoms with Gasteiger partial charge in [0.25, 0.3) is 0 Å². The fourth-order valence-electron chi connectivity index (χ4n) is 2.84. The Morgan fingerprint density at radius 3 is 2.85 bits per heavy atom. The zero-order chi connectivity index (χ0) is 15.0. The minimum Gasteiger partial charge on any atom is -0.385 e. The smallest absolute Gasteiger partial charge is 0.237 e. The standard InChI is InChI=1S/C15H31N3O2/c1-5-16-14-7-9-18(11-12(14)2)13(3)15(19)17-8-6-10-20-4/h12-14,16H,5-11H2,1-4H3,(H,17,19). The molecule has 1 saturated heterocycles. The van der Waals surface area contributed by atoms with E-state index < -0.39 is 0 Å². The lowest BCUT2D eigenvalue weighted by atomic mass is 9.93. The molecule has 1 aliphatic rings. The van der Waals surface area contributed by atoms with E-state index in [1.807, 2.05) is 6.92 Å². The van der Waals surface area contributed by atoms with Crippen LogP contribution in [-0.2, 0) is 9.53 Å². The molecule has 0 aromatic rings. The summed E-state index contributed by atoms with van der Waals surface area (Å²) in [6.45, 7) is 10.8. The Morgan fingerprint density at radius 2 is 2.25 bits per heavy atom. The quantitative estimate of drug-likeness (QED) is 0.649. The van der Waals surface area contributed by atoms with Crippen LogP contribution in [0, 0.1) is 5.92 Å². The third kappa shape index (κ3) is 5.38. The first-order chi connectivity index (χ1) is 9.60.